The van der Waals surface area contributed by atoms with Crippen LogP contribution in [0.15, 0.2) is 41.4 Å². The molecule has 24 heavy (non-hydrogen) atoms. The van der Waals surface area contributed by atoms with Crippen molar-refractivity contribution in [2.45, 2.75) is 17.5 Å². The number of anilines is 2. The van der Waals surface area contributed by atoms with Crippen LogP contribution >= 0.6 is 11.8 Å². The highest BCUT2D eigenvalue weighted by Crippen LogP contribution is 2.34. The number of rotatable bonds is 4. The number of hydrogen-bond acceptors (Lipinski definition) is 6. The highest BCUT2D eigenvalue weighted by molar-refractivity contribution is 7.99. The van der Waals surface area contributed by atoms with Crippen LogP contribution in [0.3, 0.4) is 0 Å². The molecule has 0 radical (unpaired) electrons. The SMILES string of the molecule is COc1ccc(CNc2cc3c(cn2)N(C)C(=O)[C@@H](N)CS3)cc1. The summed E-state index contributed by atoms with van der Waals surface area (Å²) >= 11 is 1.58. The summed E-state index contributed by atoms with van der Waals surface area (Å²) in [6.07, 6.45) is 1.72. The third kappa shape index (κ3) is 3.47. The van der Waals surface area contributed by atoms with Crippen molar-refractivity contribution < 1.29 is 9.53 Å². The number of ether oxygens (including phenoxy) is 1. The average molecular weight is 344 g/mol. The van der Waals surface area contributed by atoms with Gasteiger partial charge < -0.3 is 20.7 Å². The second kappa shape index (κ2) is 7.11. The number of nitrogens with two attached hydrogens (primary N) is 1. The van der Waals surface area contributed by atoms with Gasteiger partial charge in [0, 0.05) is 24.2 Å². The van der Waals surface area contributed by atoms with E-state index in [9.17, 15) is 4.79 Å². The Morgan fingerprint density at radius 1 is 1.42 bits per heavy atom. The van der Waals surface area contributed by atoms with Gasteiger partial charge in [-0.05, 0) is 23.8 Å². The predicted molar refractivity (Wildman–Crippen MR) is 96.7 cm³/mol. The number of thioether (sulfide) groups is 1. The van der Waals surface area contributed by atoms with E-state index >= 15 is 0 Å². The number of pyridine rings is 1. The molecule has 0 unspecified atom stereocenters. The van der Waals surface area contributed by atoms with Gasteiger partial charge in [-0.1, -0.05) is 12.1 Å². The molecule has 3 N–H and O–H groups in total. The van der Waals surface area contributed by atoms with Crippen molar-refractivity contribution in [2.75, 3.05) is 30.1 Å². The van der Waals surface area contributed by atoms with Gasteiger partial charge in [-0.3, -0.25) is 4.79 Å². The molecule has 0 spiro atoms. The molecule has 0 bridgehead atoms. The molecular weight excluding hydrogens is 324 g/mol. The Morgan fingerprint density at radius 3 is 2.88 bits per heavy atom. The van der Waals surface area contributed by atoms with Crippen molar-refractivity contribution in [1.29, 1.82) is 0 Å². The van der Waals surface area contributed by atoms with Crippen LogP contribution < -0.4 is 20.7 Å². The number of carbonyl (C=O) groups excluding carboxylic acids is 1. The normalized spacial score (nSPS) is 17.2. The fourth-order valence-electron chi connectivity index (χ4n) is 2.45. The molecule has 0 saturated carbocycles. The van der Waals surface area contributed by atoms with Crippen molar-refractivity contribution in [2.24, 2.45) is 5.73 Å². The van der Waals surface area contributed by atoms with Crippen LogP contribution in [0.25, 0.3) is 0 Å². The summed E-state index contributed by atoms with van der Waals surface area (Å²) in [6.45, 7) is 0.661. The number of hydrogen-bond donors (Lipinski definition) is 2. The molecule has 2 heterocycles. The van der Waals surface area contributed by atoms with E-state index in [0.29, 0.717) is 12.3 Å². The van der Waals surface area contributed by atoms with E-state index in [1.807, 2.05) is 30.3 Å². The number of methoxy groups -OCH3 is 1. The predicted octanol–water partition coefficient (Wildman–Crippen LogP) is 2.10. The Labute approximate surface area is 145 Å². The molecule has 0 aliphatic carbocycles. The van der Waals surface area contributed by atoms with Gasteiger partial charge in [-0.15, -0.1) is 11.8 Å². The minimum absolute atomic E-state index is 0.0815. The van der Waals surface area contributed by atoms with E-state index in [1.54, 1.807) is 37.0 Å². The summed E-state index contributed by atoms with van der Waals surface area (Å²) < 4.78 is 5.16. The lowest BCUT2D eigenvalue weighted by Crippen LogP contribution is -2.42. The van der Waals surface area contributed by atoms with Crippen molar-refractivity contribution in [1.82, 2.24) is 4.98 Å². The van der Waals surface area contributed by atoms with Gasteiger partial charge in [0.05, 0.1) is 25.0 Å². The third-order valence-corrected chi connectivity index (χ3v) is 5.07. The van der Waals surface area contributed by atoms with Crippen LogP contribution in [-0.2, 0) is 11.3 Å². The van der Waals surface area contributed by atoms with Crippen molar-refractivity contribution in [3.05, 3.63) is 42.1 Å². The second-order valence-corrected chi connectivity index (χ2v) is 6.62. The summed E-state index contributed by atoms with van der Waals surface area (Å²) in [5.41, 5.74) is 7.82. The van der Waals surface area contributed by atoms with Crippen molar-refractivity contribution in [3.63, 3.8) is 0 Å². The molecule has 0 fully saturated rings. The first-order chi connectivity index (χ1) is 11.6. The van der Waals surface area contributed by atoms with Gasteiger partial charge in [-0.2, -0.15) is 0 Å². The first-order valence-corrected chi connectivity index (χ1v) is 8.60. The number of benzene rings is 1. The Hall–Kier alpha value is -2.25. The number of nitrogens with one attached hydrogen (secondary N) is 1. The summed E-state index contributed by atoms with van der Waals surface area (Å²) in [5, 5.41) is 3.31. The first-order valence-electron chi connectivity index (χ1n) is 7.61. The monoisotopic (exact) mass is 344 g/mol. The smallest absolute Gasteiger partial charge is 0.244 e. The molecule has 7 heteroatoms. The van der Waals surface area contributed by atoms with Crippen LogP contribution in [0, 0.1) is 0 Å². The Bertz CT molecular complexity index is 736. The molecule has 1 aromatic carbocycles. The second-order valence-electron chi connectivity index (χ2n) is 5.55. The van der Waals surface area contributed by atoms with Gasteiger partial charge in [-0.25, -0.2) is 4.98 Å². The zero-order valence-corrected chi connectivity index (χ0v) is 14.5. The van der Waals surface area contributed by atoms with E-state index in [0.717, 1.165) is 27.7 Å². The van der Waals surface area contributed by atoms with E-state index in [2.05, 4.69) is 10.3 Å². The van der Waals surface area contributed by atoms with E-state index < -0.39 is 6.04 Å². The average Bonchev–Trinajstić information content (AvgIpc) is 2.72. The van der Waals surface area contributed by atoms with Crippen LogP contribution in [0.2, 0.25) is 0 Å². The minimum Gasteiger partial charge on any atom is -0.497 e. The van der Waals surface area contributed by atoms with Crippen LogP contribution in [0.4, 0.5) is 11.5 Å². The molecule has 126 valence electrons. The molecule has 6 nitrogen and oxygen atoms in total. The number of amides is 1. The van der Waals surface area contributed by atoms with Crippen molar-refractivity contribution >= 4 is 29.2 Å². The van der Waals surface area contributed by atoms with Gasteiger partial charge in [0.25, 0.3) is 0 Å². The minimum atomic E-state index is -0.483. The Balaban J connectivity index is 1.73. The van der Waals surface area contributed by atoms with E-state index in [1.165, 1.54) is 0 Å². The van der Waals surface area contributed by atoms with Crippen LogP contribution in [0.5, 0.6) is 5.75 Å². The lowest BCUT2D eigenvalue weighted by Gasteiger charge is -2.18. The number of fused-ring (bicyclic) bond motifs is 1. The molecule has 1 amide bonds. The summed E-state index contributed by atoms with van der Waals surface area (Å²) in [4.78, 5) is 19.1. The fraction of sp³-hybridized carbons (Fsp3) is 0.294. The molecule has 1 aromatic heterocycles. The van der Waals surface area contributed by atoms with Gasteiger partial charge in [0.15, 0.2) is 0 Å². The first kappa shape index (κ1) is 16.6. The summed E-state index contributed by atoms with van der Waals surface area (Å²) in [5.74, 6) is 2.09. The maximum atomic E-state index is 12.1. The Kier molecular flexibility index (Phi) is 4.92. The largest absolute Gasteiger partial charge is 0.497 e. The number of carbonyl (C=O) groups is 1. The fourth-order valence-corrected chi connectivity index (χ4v) is 3.48. The number of nitrogens with zero attached hydrogens (tertiary/aromatic N) is 2. The zero-order valence-electron chi connectivity index (χ0n) is 13.7. The van der Waals surface area contributed by atoms with Gasteiger partial charge >= 0.3 is 0 Å². The maximum Gasteiger partial charge on any atom is 0.244 e. The van der Waals surface area contributed by atoms with Gasteiger partial charge in [0.2, 0.25) is 5.91 Å². The third-order valence-electron chi connectivity index (χ3n) is 3.91. The molecule has 2 aromatic rings. The van der Waals surface area contributed by atoms with E-state index in [4.69, 9.17) is 10.5 Å². The summed E-state index contributed by atoms with van der Waals surface area (Å²) in [7, 11) is 3.39. The quantitative estimate of drug-likeness (QED) is 0.884. The molecule has 1 aliphatic heterocycles. The lowest BCUT2D eigenvalue weighted by atomic mass is 10.2. The highest BCUT2D eigenvalue weighted by atomic mass is 32.2. The van der Waals surface area contributed by atoms with Crippen LogP contribution in [-0.4, -0.2) is 36.8 Å². The number of likely N-dealkylation sites (N-methyl/N-ethyl adjacent to an activating group) is 1. The molecule has 0 saturated heterocycles. The maximum absolute atomic E-state index is 12.1. The topological polar surface area (TPSA) is 80.5 Å². The summed E-state index contributed by atoms with van der Waals surface area (Å²) in [6, 6.07) is 9.36. The molecule has 1 aliphatic rings. The highest BCUT2D eigenvalue weighted by Gasteiger charge is 2.26. The van der Waals surface area contributed by atoms with Crippen LogP contribution in [0.1, 0.15) is 5.56 Å². The molecular formula is C17H20N4O2S. The zero-order chi connectivity index (χ0) is 17.1. The van der Waals surface area contributed by atoms with Crippen molar-refractivity contribution in [3.8, 4) is 5.75 Å². The number of aromatic nitrogens is 1. The molecule has 1 atom stereocenters. The standard InChI is InChI=1S/C17H20N4O2S/c1-21-14-9-20-16(7-15(14)24-10-13(18)17(21)22)19-8-11-3-5-12(23-2)6-4-11/h3-7,9,13H,8,10,18H2,1-2H3,(H,19,20)/t13-/m0/s1. The Morgan fingerprint density at radius 2 is 2.17 bits per heavy atom. The van der Waals surface area contributed by atoms with Gasteiger partial charge in [0.1, 0.15) is 11.6 Å². The van der Waals surface area contributed by atoms with E-state index in [-0.39, 0.29) is 5.91 Å². The molecule has 3 rings (SSSR count). The lowest BCUT2D eigenvalue weighted by molar-refractivity contribution is -0.119.